The second-order valence-corrected chi connectivity index (χ2v) is 5.56. The number of aromatic nitrogens is 3. The molecule has 0 saturated heterocycles. The summed E-state index contributed by atoms with van der Waals surface area (Å²) in [6.07, 6.45) is 4.09. The van der Waals surface area contributed by atoms with Crippen molar-refractivity contribution >= 4 is 27.5 Å². The van der Waals surface area contributed by atoms with Crippen molar-refractivity contribution in [1.82, 2.24) is 19.8 Å². The van der Waals surface area contributed by atoms with Gasteiger partial charge in [-0.3, -0.25) is 9.48 Å². The predicted octanol–water partition coefficient (Wildman–Crippen LogP) is 2.09. The van der Waals surface area contributed by atoms with E-state index >= 15 is 0 Å². The number of nitrogens with zero attached hydrogens (tertiary/aromatic N) is 4. The van der Waals surface area contributed by atoms with Gasteiger partial charge in [0.15, 0.2) is 0 Å². The predicted molar refractivity (Wildman–Crippen MR) is 85.1 cm³/mol. The molecule has 112 valence electrons. The van der Waals surface area contributed by atoms with Crippen LogP contribution in [-0.2, 0) is 24.8 Å². The lowest BCUT2D eigenvalue weighted by atomic mass is 10.3. The SMILES string of the molecule is CCn1cc(Br)c(/C(C)=N/NC(=O)Cc2cccn2C)n1. The minimum Gasteiger partial charge on any atom is -0.354 e. The molecule has 0 radical (unpaired) electrons. The molecule has 21 heavy (non-hydrogen) atoms. The number of hydrogen-bond acceptors (Lipinski definition) is 3. The summed E-state index contributed by atoms with van der Waals surface area (Å²) in [5.74, 6) is -0.151. The van der Waals surface area contributed by atoms with Crippen LogP contribution in [0.15, 0.2) is 34.1 Å². The molecular weight excluding hydrogens is 334 g/mol. The van der Waals surface area contributed by atoms with Gasteiger partial charge in [-0.05, 0) is 41.9 Å². The summed E-state index contributed by atoms with van der Waals surface area (Å²) in [4.78, 5) is 11.9. The van der Waals surface area contributed by atoms with Crippen molar-refractivity contribution in [2.24, 2.45) is 12.1 Å². The van der Waals surface area contributed by atoms with E-state index in [1.165, 1.54) is 0 Å². The second kappa shape index (κ2) is 6.71. The van der Waals surface area contributed by atoms with Gasteiger partial charge in [-0.25, -0.2) is 5.43 Å². The molecule has 0 aliphatic rings. The molecule has 2 heterocycles. The standard InChI is InChI=1S/C14H18BrN5O/c1-4-20-9-12(15)14(18-20)10(2)16-17-13(21)8-11-6-5-7-19(11)3/h5-7,9H,4,8H2,1-3H3,(H,17,21)/b16-10+. The van der Waals surface area contributed by atoms with Crippen molar-refractivity contribution in [3.63, 3.8) is 0 Å². The van der Waals surface area contributed by atoms with Crippen LogP contribution in [0.3, 0.4) is 0 Å². The minimum atomic E-state index is -0.151. The van der Waals surface area contributed by atoms with Crippen LogP contribution in [0.4, 0.5) is 0 Å². The fourth-order valence-corrected chi connectivity index (χ4v) is 2.49. The molecular formula is C14H18BrN5O. The molecule has 0 aliphatic heterocycles. The van der Waals surface area contributed by atoms with Gasteiger partial charge in [0.25, 0.3) is 0 Å². The lowest BCUT2D eigenvalue weighted by Crippen LogP contribution is -2.22. The van der Waals surface area contributed by atoms with Crippen LogP contribution in [0.1, 0.15) is 25.2 Å². The number of halogens is 1. The zero-order valence-electron chi connectivity index (χ0n) is 12.3. The molecule has 2 aromatic heterocycles. The highest BCUT2D eigenvalue weighted by atomic mass is 79.9. The topological polar surface area (TPSA) is 64.2 Å². The van der Waals surface area contributed by atoms with E-state index < -0.39 is 0 Å². The fraction of sp³-hybridized carbons (Fsp3) is 0.357. The molecule has 0 aromatic carbocycles. The van der Waals surface area contributed by atoms with Gasteiger partial charge in [0, 0.05) is 31.7 Å². The van der Waals surface area contributed by atoms with Gasteiger partial charge >= 0.3 is 0 Å². The van der Waals surface area contributed by atoms with Crippen LogP contribution >= 0.6 is 15.9 Å². The van der Waals surface area contributed by atoms with Crippen LogP contribution in [0.25, 0.3) is 0 Å². The summed E-state index contributed by atoms with van der Waals surface area (Å²) in [6.45, 7) is 4.61. The first-order chi connectivity index (χ1) is 10.0. The quantitative estimate of drug-likeness (QED) is 0.662. The second-order valence-electron chi connectivity index (χ2n) is 4.70. The van der Waals surface area contributed by atoms with Crippen molar-refractivity contribution in [2.75, 3.05) is 0 Å². The third-order valence-corrected chi connectivity index (χ3v) is 3.71. The Hall–Kier alpha value is -1.89. The highest BCUT2D eigenvalue weighted by Crippen LogP contribution is 2.15. The van der Waals surface area contributed by atoms with Gasteiger partial charge in [-0.1, -0.05) is 0 Å². The molecule has 0 saturated carbocycles. The number of nitrogens with one attached hydrogen (secondary N) is 1. The first-order valence-electron chi connectivity index (χ1n) is 6.68. The molecule has 0 fully saturated rings. The fourth-order valence-electron chi connectivity index (χ4n) is 1.89. The normalized spacial score (nSPS) is 11.7. The van der Waals surface area contributed by atoms with Crippen molar-refractivity contribution in [2.45, 2.75) is 26.8 Å². The Morgan fingerprint density at radius 3 is 2.86 bits per heavy atom. The maximum Gasteiger partial charge on any atom is 0.246 e. The largest absolute Gasteiger partial charge is 0.354 e. The molecule has 0 spiro atoms. The lowest BCUT2D eigenvalue weighted by Gasteiger charge is -2.03. The number of carbonyl (C=O) groups is 1. The Kier molecular flexibility index (Phi) is 4.95. The highest BCUT2D eigenvalue weighted by molar-refractivity contribution is 9.10. The van der Waals surface area contributed by atoms with E-state index in [2.05, 4.69) is 31.6 Å². The van der Waals surface area contributed by atoms with Crippen LogP contribution in [0.5, 0.6) is 0 Å². The average Bonchev–Trinajstić information content (AvgIpc) is 3.02. The van der Waals surface area contributed by atoms with Gasteiger partial charge < -0.3 is 4.57 Å². The maximum absolute atomic E-state index is 11.9. The molecule has 7 heteroatoms. The van der Waals surface area contributed by atoms with E-state index in [9.17, 15) is 4.79 Å². The Morgan fingerprint density at radius 2 is 2.29 bits per heavy atom. The Bertz CT molecular complexity index is 671. The summed E-state index contributed by atoms with van der Waals surface area (Å²) in [5, 5.41) is 8.49. The molecule has 6 nitrogen and oxygen atoms in total. The summed E-state index contributed by atoms with van der Waals surface area (Å²) in [7, 11) is 1.91. The average molecular weight is 352 g/mol. The maximum atomic E-state index is 11.9. The van der Waals surface area contributed by atoms with Crippen LogP contribution in [0, 0.1) is 0 Å². The van der Waals surface area contributed by atoms with Gasteiger partial charge in [0.05, 0.1) is 16.6 Å². The zero-order valence-corrected chi connectivity index (χ0v) is 13.9. The van der Waals surface area contributed by atoms with Gasteiger partial charge in [-0.15, -0.1) is 0 Å². The van der Waals surface area contributed by atoms with E-state index in [4.69, 9.17) is 0 Å². The highest BCUT2D eigenvalue weighted by Gasteiger charge is 2.10. The first-order valence-corrected chi connectivity index (χ1v) is 7.47. The van der Waals surface area contributed by atoms with Crippen molar-refractivity contribution < 1.29 is 4.79 Å². The van der Waals surface area contributed by atoms with Crippen LogP contribution in [0.2, 0.25) is 0 Å². The van der Waals surface area contributed by atoms with E-state index in [0.717, 1.165) is 22.4 Å². The summed E-state index contributed by atoms with van der Waals surface area (Å²) >= 11 is 3.44. The first kappa shape index (κ1) is 15.5. The molecule has 2 aromatic rings. The van der Waals surface area contributed by atoms with Crippen molar-refractivity contribution in [3.8, 4) is 0 Å². The number of hydrogen-bond donors (Lipinski definition) is 1. The molecule has 0 aliphatic carbocycles. The van der Waals surface area contributed by atoms with Crippen LogP contribution in [-0.4, -0.2) is 26.0 Å². The molecule has 1 N–H and O–H groups in total. The number of hydrazone groups is 1. The number of rotatable bonds is 5. The zero-order chi connectivity index (χ0) is 15.4. The summed E-state index contributed by atoms with van der Waals surface area (Å²) in [5.41, 5.74) is 4.90. The van der Waals surface area contributed by atoms with Gasteiger partial charge in [-0.2, -0.15) is 10.2 Å². The number of amides is 1. The van der Waals surface area contributed by atoms with Gasteiger partial charge in [0.2, 0.25) is 5.91 Å². The molecule has 0 unspecified atom stereocenters. The molecule has 0 atom stereocenters. The smallest absolute Gasteiger partial charge is 0.246 e. The van der Waals surface area contributed by atoms with Crippen LogP contribution < -0.4 is 5.43 Å². The minimum absolute atomic E-state index is 0.151. The number of carbonyl (C=O) groups excluding carboxylic acids is 1. The Balaban J connectivity index is 2.01. The lowest BCUT2D eigenvalue weighted by molar-refractivity contribution is -0.120. The van der Waals surface area contributed by atoms with E-state index in [-0.39, 0.29) is 5.91 Å². The van der Waals surface area contributed by atoms with E-state index in [0.29, 0.717) is 12.1 Å². The third kappa shape index (κ3) is 3.81. The van der Waals surface area contributed by atoms with E-state index in [1.54, 1.807) is 0 Å². The third-order valence-electron chi connectivity index (χ3n) is 3.13. The summed E-state index contributed by atoms with van der Waals surface area (Å²) in [6, 6.07) is 3.82. The summed E-state index contributed by atoms with van der Waals surface area (Å²) < 4.78 is 4.59. The van der Waals surface area contributed by atoms with E-state index in [1.807, 2.05) is 54.7 Å². The number of aryl methyl sites for hydroxylation is 2. The monoisotopic (exact) mass is 351 g/mol. The van der Waals surface area contributed by atoms with Crippen molar-refractivity contribution in [3.05, 3.63) is 40.4 Å². The Labute approximate surface area is 132 Å². The van der Waals surface area contributed by atoms with Crippen molar-refractivity contribution in [1.29, 1.82) is 0 Å². The molecule has 1 amide bonds. The molecule has 2 rings (SSSR count). The Morgan fingerprint density at radius 1 is 1.52 bits per heavy atom. The van der Waals surface area contributed by atoms with Gasteiger partial charge in [0.1, 0.15) is 5.69 Å². The molecule has 0 bridgehead atoms.